The van der Waals surface area contributed by atoms with E-state index in [2.05, 4.69) is 17.2 Å². The molecule has 0 saturated carbocycles. The van der Waals surface area contributed by atoms with E-state index in [1.54, 1.807) is 4.90 Å². The molecular formula is C20H32N4O5. The highest BCUT2D eigenvalue weighted by Gasteiger charge is 2.30. The van der Waals surface area contributed by atoms with E-state index >= 15 is 0 Å². The Labute approximate surface area is 174 Å². The van der Waals surface area contributed by atoms with Gasteiger partial charge >= 0.3 is 5.97 Å². The first-order valence-corrected chi connectivity index (χ1v) is 10.0. The monoisotopic (exact) mass is 415 g/mol. The van der Waals surface area contributed by atoms with E-state index in [0.29, 0.717) is 31.5 Å². The highest BCUT2D eigenvalue weighted by molar-refractivity contribution is 5.83. The summed E-state index contributed by atoms with van der Waals surface area (Å²) < 4.78 is 16.8. The fourth-order valence-corrected chi connectivity index (χ4v) is 3.14. The highest BCUT2D eigenvalue weighted by Crippen LogP contribution is 2.21. The van der Waals surface area contributed by atoms with Gasteiger partial charge in [-0.15, -0.1) is 5.06 Å². The Morgan fingerprint density at radius 1 is 1.28 bits per heavy atom. The standard InChI is InChI=1S/C20H32N4O5/c1-14(2)13-23-12-4-5-16(23)20(28)22-10-8-17(25)21-11-9-19(27)29-24-15(3)6-7-18(24)26/h14,16H,3-13H2,1-2H3,(H,21,25)(H,22,28)/i1+1,2+1,13+1D,14+1,16D,23+1. The van der Waals surface area contributed by atoms with Crippen molar-refractivity contribution in [1.82, 2.24) is 20.6 Å². The predicted octanol–water partition coefficient (Wildman–Crippen LogP) is 0.714. The number of hydroxylamine groups is 2. The van der Waals surface area contributed by atoms with Crippen LogP contribution in [0.15, 0.2) is 12.3 Å². The van der Waals surface area contributed by atoms with Crippen LogP contribution in [-0.4, -0.2) is 65.8 Å². The molecule has 162 valence electrons. The number of hydrogen-bond acceptors (Lipinski definition) is 6. The summed E-state index contributed by atoms with van der Waals surface area (Å²) in [5.41, 5.74) is 0.427. The summed E-state index contributed by atoms with van der Waals surface area (Å²) in [6, 6.07) is -1.49. The number of allylic oxidation sites excluding steroid dienone is 1. The van der Waals surface area contributed by atoms with Crippen LogP contribution >= 0.6 is 0 Å². The van der Waals surface area contributed by atoms with Crippen molar-refractivity contribution in [2.24, 2.45) is 5.92 Å². The van der Waals surface area contributed by atoms with Crippen LogP contribution < -0.4 is 10.6 Å². The first-order chi connectivity index (χ1) is 14.6. The third-order valence-corrected chi connectivity index (χ3v) is 4.52. The number of carbonyl (C=O) groups excluding carboxylic acids is 4. The number of rotatable bonds is 10. The zero-order chi connectivity index (χ0) is 23.2. The van der Waals surface area contributed by atoms with Crippen LogP contribution in [0.2, 0.25) is 0 Å². The Morgan fingerprint density at radius 3 is 2.66 bits per heavy atom. The van der Waals surface area contributed by atoms with Crippen molar-refractivity contribution >= 4 is 23.7 Å². The molecule has 2 N–H and O–H groups in total. The number of nitrogens with zero attached hydrogens (tertiary/aromatic N) is 2. The van der Waals surface area contributed by atoms with Gasteiger partial charge in [0.1, 0.15) is 0 Å². The van der Waals surface area contributed by atoms with Gasteiger partial charge in [-0.1, -0.05) is 20.4 Å². The average molecular weight is 415 g/mol. The molecule has 2 saturated heterocycles. The largest absolute Gasteiger partial charge is 0.355 e. The van der Waals surface area contributed by atoms with Crippen LogP contribution in [0.25, 0.3) is 0 Å². The van der Waals surface area contributed by atoms with Gasteiger partial charge in [0.05, 0.1) is 19.5 Å². The molecule has 0 aromatic rings. The van der Waals surface area contributed by atoms with Gasteiger partial charge in [-0.3, -0.25) is 19.3 Å². The van der Waals surface area contributed by atoms with Crippen molar-refractivity contribution in [3.05, 3.63) is 12.3 Å². The second-order valence-corrected chi connectivity index (χ2v) is 7.46. The fourth-order valence-electron chi connectivity index (χ4n) is 3.14. The molecule has 2 rings (SSSR count). The van der Waals surface area contributed by atoms with Crippen LogP contribution in [0.3, 0.4) is 0 Å². The van der Waals surface area contributed by atoms with Gasteiger partial charge in [0.15, 0.2) is 0 Å². The summed E-state index contributed by atoms with van der Waals surface area (Å²) >= 11 is 0. The number of likely N-dealkylation sites (tertiary alicyclic amines) is 1. The van der Waals surface area contributed by atoms with Crippen LogP contribution in [0, 0.1) is 5.92 Å². The van der Waals surface area contributed by atoms with Gasteiger partial charge in [-0.25, -0.2) is 4.79 Å². The maximum absolute atomic E-state index is 12.6. The quantitative estimate of drug-likeness (QED) is 0.402. The molecule has 2 aliphatic heterocycles. The lowest BCUT2D eigenvalue weighted by atomic mass is 10.2. The molecule has 0 radical (unpaired) electrons. The summed E-state index contributed by atoms with van der Waals surface area (Å²) in [5.74, 6) is -1.85. The molecule has 2 atom stereocenters. The van der Waals surface area contributed by atoms with Gasteiger partial charge in [-0.2, -0.15) is 0 Å². The SMILES string of the molecule is [2H][13CH]([13CH]([13CH3])[13CH3])[15N]1CCCC1([2H])C(=O)NCCC(=O)NCCC(=O)ON1C(=C)CCC1=O. The topological polar surface area (TPSA) is 108 Å². The molecule has 0 aromatic carbocycles. The molecule has 2 fully saturated rings. The normalized spacial score (nSPS) is 24.3. The van der Waals surface area contributed by atoms with Crippen molar-refractivity contribution in [2.75, 3.05) is 26.2 Å². The molecule has 0 bridgehead atoms. The van der Waals surface area contributed by atoms with E-state index in [4.69, 9.17) is 7.58 Å². The van der Waals surface area contributed by atoms with E-state index in [1.165, 1.54) is 0 Å². The fraction of sp³-hybridized carbons (Fsp3) is 0.700. The number of carbonyl (C=O) groups is 4. The van der Waals surface area contributed by atoms with E-state index < -0.39 is 24.4 Å². The molecule has 0 spiro atoms. The van der Waals surface area contributed by atoms with E-state index in [9.17, 15) is 19.2 Å². The van der Waals surface area contributed by atoms with Crippen LogP contribution in [0.5, 0.6) is 0 Å². The molecule has 29 heavy (non-hydrogen) atoms. The second kappa shape index (κ2) is 10.9. The smallest absolute Gasteiger partial charge is 0.334 e. The van der Waals surface area contributed by atoms with Gasteiger partial charge in [0.2, 0.25) is 11.8 Å². The zero-order valence-electron chi connectivity index (χ0n) is 19.2. The highest BCUT2D eigenvalue weighted by atomic mass is 16.7. The Bertz CT molecular complexity index is 716. The molecule has 2 unspecified atom stereocenters. The summed E-state index contributed by atoms with van der Waals surface area (Å²) in [7, 11) is 0. The molecule has 0 aliphatic carbocycles. The Balaban J connectivity index is 1.67. The van der Waals surface area contributed by atoms with Crippen molar-refractivity contribution in [3.63, 3.8) is 0 Å². The summed E-state index contributed by atoms with van der Waals surface area (Å²) in [6.45, 7) is 7.39. The van der Waals surface area contributed by atoms with Crippen LogP contribution in [0.1, 0.15) is 55.1 Å². The Hall–Kier alpha value is -2.42. The predicted molar refractivity (Wildman–Crippen MR) is 106 cm³/mol. The third kappa shape index (κ3) is 7.16. The number of hydrogen-bond donors (Lipinski definition) is 2. The molecule has 0 aromatic heterocycles. The van der Waals surface area contributed by atoms with Crippen molar-refractivity contribution in [1.29, 1.82) is 0 Å². The minimum atomic E-state index is -1.49. The molecule has 2 heterocycles. The summed E-state index contributed by atoms with van der Waals surface area (Å²) in [6.07, 6.45) is 1.61. The molecule has 9 heteroatoms. The van der Waals surface area contributed by atoms with Gasteiger partial charge in [0.25, 0.3) is 5.91 Å². The van der Waals surface area contributed by atoms with Gasteiger partial charge < -0.3 is 15.5 Å². The van der Waals surface area contributed by atoms with Crippen LogP contribution in [-0.2, 0) is 24.0 Å². The van der Waals surface area contributed by atoms with Crippen molar-refractivity contribution < 1.29 is 26.8 Å². The minimum Gasteiger partial charge on any atom is -0.355 e. The molecular weight excluding hydrogens is 381 g/mol. The first kappa shape index (κ1) is 19.9. The summed E-state index contributed by atoms with van der Waals surface area (Å²) in [4.78, 5) is 54.4. The average Bonchev–Trinajstić information content (AvgIpc) is 3.25. The first-order valence-electron chi connectivity index (χ1n) is 11.1. The maximum Gasteiger partial charge on any atom is 0.334 e. The number of amides is 3. The lowest BCUT2D eigenvalue weighted by Crippen LogP contribution is -2.45. The van der Waals surface area contributed by atoms with E-state index in [-0.39, 0.29) is 50.1 Å². The maximum atomic E-state index is 12.6. The van der Waals surface area contributed by atoms with Crippen molar-refractivity contribution in [2.45, 2.75) is 58.4 Å². The van der Waals surface area contributed by atoms with Gasteiger partial charge in [-0.05, 0) is 31.7 Å². The molecule has 3 amide bonds. The molecule has 9 nitrogen and oxygen atoms in total. The Kier molecular flexibility index (Phi) is 7.50. The van der Waals surface area contributed by atoms with Gasteiger partial charge in [0, 0.05) is 33.8 Å². The molecule has 2 aliphatic rings. The minimum absolute atomic E-state index is 0.00486. The second-order valence-electron chi connectivity index (χ2n) is 7.46. The Morgan fingerprint density at radius 2 is 2.00 bits per heavy atom. The summed E-state index contributed by atoms with van der Waals surface area (Å²) in [5, 5.41) is 6.06. The third-order valence-electron chi connectivity index (χ3n) is 4.52. The lowest BCUT2D eigenvalue weighted by molar-refractivity contribution is -0.186. The van der Waals surface area contributed by atoms with Crippen LogP contribution in [0.4, 0.5) is 0 Å². The van der Waals surface area contributed by atoms with E-state index in [0.717, 1.165) is 5.06 Å². The van der Waals surface area contributed by atoms with E-state index in [1.807, 2.05) is 13.8 Å². The zero-order valence-corrected chi connectivity index (χ0v) is 17.2. The lowest BCUT2D eigenvalue weighted by Gasteiger charge is -2.25. The number of nitrogens with one attached hydrogen (secondary N) is 2. The van der Waals surface area contributed by atoms with Crippen molar-refractivity contribution in [3.8, 4) is 0 Å².